The van der Waals surface area contributed by atoms with Crippen LogP contribution in [0.25, 0.3) is 0 Å². The predicted octanol–water partition coefficient (Wildman–Crippen LogP) is 5.14. The Morgan fingerprint density at radius 2 is 1.67 bits per heavy atom. The topological polar surface area (TPSA) is 35.8 Å². The first-order valence-corrected chi connectivity index (χ1v) is 6.79. The van der Waals surface area contributed by atoms with Crippen LogP contribution in [-0.4, -0.2) is 0 Å². The summed E-state index contributed by atoms with van der Waals surface area (Å²) in [6.07, 6.45) is -4.38. The molecule has 108 valence electrons. The Labute approximate surface area is 128 Å². The van der Waals surface area contributed by atoms with Crippen molar-refractivity contribution in [3.8, 4) is 6.07 Å². The largest absolute Gasteiger partial charge is 0.416 e. The molecule has 21 heavy (non-hydrogen) atoms. The molecule has 1 N–H and O–H groups in total. The number of halogens is 4. The summed E-state index contributed by atoms with van der Waals surface area (Å²) in [5.41, 5.74) is 0.439. The highest BCUT2D eigenvalue weighted by atomic mass is 79.9. The standard InChI is InChI=1S/C15H10BrF3N2/c16-12-3-1-2-4-13(12)21-14(9-20)10-5-7-11(8-6-10)15(17,18)19/h1-8,14,21H. The van der Waals surface area contributed by atoms with E-state index in [9.17, 15) is 18.4 Å². The van der Waals surface area contributed by atoms with Gasteiger partial charge in [-0.15, -0.1) is 0 Å². The molecule has 0 aliphatic carbocycles. The van der Waals surface area contributed by atoms with Crippen molar-refractivity contribution in [1.82, 2.24) is 0 Å². The van der Waals surface area contributed by atoms with E-state index in [1.54, 1.807) is 12.1 Å². The van der Waals surface area contributed by atoms with Gasteiger partial charge in [-0.1, -0.05) is 24.3 Å². The molecule has 0 heterocycles. The van der Waals surface area contributed by atoms with Crippen molar-refractivity contribution in [2.45, 2.75) is 12.2 Å². The average molecular weight is 355 g/mol. The van der Waals surface area contributed by atoms with Gasteiger partial charge in [0.2, 0.25) is 0 Å². The Morgan fingerprint density at radius 3 is 2.19 bits per heavy atom. The van der Waals surface area contributed by atoms with Gasteiger partial charge in [0.1, 0.15) is 6.04 Å². The number of alkyl halides is 3. The summed E-state index contributed by atoms with van der Waals surface area (Å²) in [6.45, 7) is 0. The minimum atomic E-state index is -4.38. The fourth-order valence-corrected chi connectivity index (χ4v) is 2.19. The van der Waals surface area contributed by atoms with E-state index in [2.05, 4.69) is 21.2 Å². The lowest BCUT2D eigenvalue weighted by atomic mass is 10.1. The second-order valence-electron chi connectivity index (χ2n) is 4.31. The van der Waals surface area contributed by atoms with Gasteiger partial charge in [0.05, 0.1) is 11.6 Å². The van der Waals surface area contributed by atoms with E-state index in [4.69, 9.17) is 0 Å². The molecule has 6 heteroatoms. The van der Waals surface area contributed by atoms with Gasteiger partial charge in [-0.3, -0.25) is 0 Å². The molecular formula is C15H10BrF3N2. The summed E-state index contributed by atoms with van der Waals surface area (Å²) in [5.74, 6) is 0. The van der Waals surface area contributed by atoms with Crippen LogP contribution in [0, 0.1) is 11.3 Å². The van der Waals surface area contributed by atoms with E-state index < -0.39 is 17.8 Å². The van der Waals surface area contributed by atoms with Crippen LogP contribution in [-0.2, 0) is 6.18 Å². The second kappa shape index (κ2) is 6.19. The minimum absolute atomic E-state index is 0.473. The summed E-state index contributed by atoms with van der Waals surface area (Å²) in [5, 5.41) is 12.2. The number of benzene rings is 2. The first-order chi connectivity index (χ1) is 9.91. The maximum absolute atomic E-state index is 12.5. The van der Waals surface area contributed by atoms with Crippen LogP contribution < -0.4 is 5.32 Å². The first kappa shape index (κ1) is 15.4. The molecule has 0 saturated carbocycles. The van der Waals surface area contributed by atoms with Crippen molar-refractivity contribution >= 4 is 21.6 Å². The third kappa shape index (κ3) is 3.76. The van der Waals surface area contributed by atoms with Crippen LogP contribution in [0.5, 0.6) is 0 Å². The van der Waals surface area contributed by atoms with Crippen LogP contribution >= 0.6 is 15.9 Å². The molecule has 0 fully saturated rings. The number of para-hydroxylation sites is 1. The van der Waals surface area contributed by atoms with Crippen molar-refractivity contribution in [3.63, 3.8) is 0 Å². The van der Waals surface area contributed by atoms with Crippen LogP contribution in [0.4, 0.5) is 18.9 Å². The Balaban J connectivity index is 2.23. The van der Waals surface area contributed by atoms with E-state index in [-0.39, 0.29) is 0 Å². The molecule has 2 aromatic carbocycles. The smallest absolute Gasteiger partial charge is 0.365 e. The molecule has 0 aliphatic heterocycles. The molecule has 1 unspecified atom stereocenters. The fourth-order valence-electron chi connectivity index (χ4n) is 1.79. The Kier molecular flexibility index (Phi) is 4.53. The first-order valence-electron chi connectivity index (χ1n) is 5.99. The molecule has 0 radical (unpaired) electrons. The summed E-state index contributed by atoms with van der Waals surface area (Å²) in [4.78, 5) is 0. The minimum Gasteiger partial charge on any atom is -0.365 e. The van der Waals surface area contributed by atoms with Crippen molar-refractivity contribution in [2.75, 3.05) is 5.32 Å². The van der Waals surface area contributed by atoms with Gasteiger partial charge in [0.15, 0.2) is 0 Å². The highest BCUT2D eigenvalue weighted by Crippen LogP contribution is 2.31. The van der Waals surface area contributed by atoms with Crippen LogP contribution in [0.1, 0.15) is 17.2 Å². The molecule has 0 aliphatic rings. The van der Waals surface area contributed by atoms with Crippen molar-refractivity contribution in [1.29, 1.82) is 5.26 Å². The summed E-state index contributed by atoms with van der Waals surface area (Å²) < 4.78 is 38.3. The van der Waals surface area contributed by atoms with Gasteiger partial charge >= 0.3 is 6.18 Å². The molecule has 2 aromatic rings. The molecule has 0 aromatic heterocycles. The monoisotopic (exact) mass is 354 g/mol. The molecule has 2 rings (SSSR count). The van der Waals surface area contributed by atoms with Gasteiger partial charge in [-0.05, 0) is 45.8 Å². The molecule has 2 nitrogen and oxygen atoms in total. The van der Waals surface area contributed by atoms with Crippen LogP contribution in [0.2, 0.25) is 0 Å². The van der Waals surface area contributed by atoms with Crippen LogP contribution in [0.15, 0.2) is 53.0 Å². The van der Waals surface area contributed by atoms with Crippen molar-refractivity contribution in [3.05, 3.63) is 64.1 Å². The van der Waals surface area contributed by atoms with Crippen LogP contribution in [0.3, 0.4) is 0 Å². The highest BCUT2D eigenvalue weighted by Gasteiger charge is 2.30. The fraction of sp³-hybridized carbons (Fsp3) is 0.133. The molecule has 1 atom stereocenters. The third-order valence-electron chi connectivity index (χ3n) is 2.87. The van der Waals surface area contributed by atoms with Gasteiger partial charge in [-0.25, -0.2) is 0 Å². The van der Waals surface area contributed by atoms with E-state index in [0.29, 0.717) is 11.3 Å². The van der Waals surface area contributed by atoms with E-state index >= 15 is 0 Å². The SMILES string of the molecule is N#CC(Nc1ccccc1Br)c1ccc(C(F)(F)F)cc1. The Morgan fingerprint density at radius 1 is 1.05 bits per heavy atom. The van der Waals surface area contributed by atoms with E-state index in [1.807, 2.05) is 18.2 Å². The number of hydrogen-bond acceptors (Lipinski definition) is 2. The second-order valence-corrected chi connectivity index (χ2v) is 5.16. The normalized spacial score (nSPS) is 12.5. The lowest BCUT2D eigenvalue weighted by molar-refractivity contribution is -0.137. The Bertz CT molecular complexity index is 660. The lowest BCUT2D eigenvalue weighted by Gasteiger charge is -2.15. The summed E-state index contributed by atoms with van der Waals surface area (Å²) in [6, 6.07) is 13.1. The highest BCUT2D eigenvalue weighted by molar-refractivity contribution is 9.10. The number of nitrogens with zero attached hydrogens (tertiary/aromatic N) is 1. The maximum atomic E-state index is 12.5. The Hall–Kier alpha value is -2.00. The van der Waals surface area contributed by atoms with Crippen molar-refractivity contribution in [2.24, 2.45) is 0 Å². The number of nitriles is 1. The van der Waals surface area contributed by atoms with Gasteiger partial charge in [0.25, 0.3) is 0 Å². The number of anilines is 1. The molecule has 0 amide bonds. The predicted molar refractivity (Wildman–Crippen MR) is 77.6 cm³/mol. The maximum Gasteiger partial charge on any atom is 0.416 e. The molecule has 0 bridgehead atoms. The zero-order valence-electron chi connectivity index (χ0n) is 10.7. The third-order valence-corrected chi connectivity index (χ3v) is 3.57. The van der Waals surface area contributed by atoms with E-state index in [0.717, 1.165) is 16.6 Å². The van der Waals surface area contributed by atoms with Gasteiger partial charge in [-0.2, -0.15) is 18.4 Å². The quantitative estimate of drug-likeness (QED) is 0.827. The summed E-state index contributed by atoms with van der Waals surface area (Å²) >= 11 is 3.34. The number of rotatable bonds is 3. The molecule has 0 saturated heterocycles. The molecule has 0 spiro atoms. The zero-order valence-corrected chi connectivity index (χ0v) is 12.2. The number of hydrogen-bond donors (Lipinski definition) is 1. The molecular weight excluding hydrogens is 345 g/mol. The van der Waals surface area contributed by atoms with Gasteiger partial charge < -0.3 is 5.32 Å². The average Bonchev–Trinajstić information content (AvgIpc) is 2.46. The van der Waals surface area contributed by atoms with Gasteiger partial charge in [0, 0.05) is 10.2 Å². The van der Waals surface area contributed by atoms with E-state index in [1.165, 1.54) is 12.1 Å². The summed E-state index contributed by atoms with van der Waals surface area (Å²) in [7, 11) is 0. The number of nitrogens with one attached hydrogen (secondary N) is 1. The van der Waals surface area contributed by atoms with Crippen molar-refractivity contribution < 1.29 is 13.2 Å². The zero-order chi connectivity index (χ0) is 15.5. The lowest BCUT2D eigenvalue weighted by Crippen LogP contribution is -2.10.